The number of carbonyl (C=O) groups excluding carboxylic acids is 1. The van der Waals surface area contributed by atoms with Crippen LogP contribution in [-0.2, 0) is 17.8 Å². The Hall–Kier alpha value is -3.24. The molecule has 0 aliphatic carbocycles. The zero-order valence-electron chi connectivity index (χ0n) is 19.9. The molecule has 6 nitrogen and oxygen atoms in total. The lowest BCUT2D eigenvalue weighted by Gasteiger charge is -2.18. The molecule has 4 N–H and O–H groups in total. The van der Waals surface area contributed by atoms with Crippen molar-refractivity contribution in [1.82, 2.24) is 10.3 Å². The fourth-order valence-electron chi connectivity index (χ4n) is 3.76. The van der Waals surface area contributed by atoms with Gasteiger partial charge in [-0.05, 0) is 68.1 Å². The maximum Gasteiger partial charge on any atom is 0.270 e. The molecule has 0 bridgehead atoms. The molecular formula is C28H33N3O3. The van der Waals surface area contributed by atoms with Crippen LogP contribution in [0.4, 0.5) is 0 Å². The number of benzene rings is 2. The van der Waals surface area contributed by atoms with Crippen LogP contribution in [0.15, 0.2) is 48.5 Å². The van der Waals surface area contributed by atoms with E-state index in [0.29, 0.717) is 30.7 Å². The van der Waals surface area contributed by atoms with Crippen molar-refractivity contribution in [3.63, 3.8) is 0 Å². The lowest BCUT2D eigenvalue weighted by atomic mass is 10.0. The summed E-state index contributed by atoms with van der Waals surface area (Å²) in [5.41, 5.74) is 10.2. The van der Waals surface area contributed by atoms with Crippen molar-refractivity contribution in [3.05, 3.63) is 76.5 Å². The molecule has 0 saturated heterocycles. The summed E-state index contributed by atoms with van der Waals surface area (Å²) in [4.78, 5) is 17.6. The second-order valence-corrected chi connectivity index (χ2v) is 8.42. The van der Waals surface area contributed by atoms with Crippen LogP contribution in [0.3, 0.4) is 0 Å². The zero-order chi connectivity index (χ0) is 24.3. The number of methoxy groups -OCH3 is 1. The summed E-state index contributed by atoms with van der Waals surface area (Å²) in [5.74, 6) is 6.02. The standard InChI is InChI=1S/C28H33N3O3/c1-20-8-10-22(11-9-20)15-24(19-34-2)30-28(33)27-17-23(18-32)25-16-21(12-13-26(25)31-27)7-5-3-4-6-14-29/h8-13,16-17,24,32H,3-4,6,14-15,18-19,29H2,1-2H3,(H,30,33)/t24-/m0/s1. The van der Waals surface area contributed by atoms with Crippen LogP contribution in [0.5, 0.6) is 0 Å². The number of carbonyl (C=O) groups is 1. The molecule has 0 saturated carbocycles. The van der Waals surface area contributed by atoms with E-state index >= 15 is 0 Å². The Bertz CT molecular complexity index is 1160. The number of ether oxygens (including phenoxy) is 1. The first kappa shape index (κ1) is 25.4. The first-order valence-corrected chi connectivity index (χ1v) is 11.6. The number of aryl methyl sites for hydroxylation is 1. The minimum Gasteiger partial charge on any atom is -0.392 e. The molecule has 0 fully saturated rings. The highest BCUT2D eigenvalue weighted by molar-refractivity contribution is 5.96. The quantitative estimate of drug-likeness (QED) is 0.318. The lowest BCUT2D eigenvalue weighted by Crippen LogP contribution is -2.40. The second kappa shape index (κ2) is 12.9. The van der Waals surface area contributed by atoms with Crippen LogP contribution >= 0.6 is 0 Å². The Labute approximate surface area is 201 Å². The third kappa shape index (κ3) is 7.13. The van der Waals surface area contributed by atoms with Crippen molar-refractivity contribution in [3.8, 4) is 11.8 Å². The Morgan fingerprint density at radius 1 is 1.18 bits per heavy atom. The number of aliphatic hydroxyl groups is 1. The van der Waals surface area contributed by atoms with Crippen LogP contribution in [0.25, 0.3) is 10.9 Å². The first-order chi connectivity index (χ1) is 16.5. The van der Waals surface area contributed by atoms with Gasteiger partial charge >= 0.3 is 0 Å². The van der Waals surface area contributed by atoms with Crippen LogP contribution in [-0.4, -0.2) is 42.3 Å². The number of fused-ring (bicyclic) bond motifs is 1. The third-order valence-electron chi connectivity index (χ3n) is 5.59. The topological polar surface area (TPSA) is 97.5 Å². The van der Waals surface area contributed by atoms with E-state index in [1.807, 2.05) is 25.1 Å². The van der Waals surface area contributed by atoms with Gasteiger partial charge in [0.05, 0.1) is 24.8 Å². The number of aliphatic hydroxyl groups excluding tert-OH is 1. The number of nitrogens with one attached hydrogen (secondary N) is 1. The van der Waals surface area contributed by atoms with Crippen LogP contribution in [0.2, 0.25) is 0 Å². The van der Waals surface area contributed by atoms with Crippen molar-refractivity contribution >= 4 is 16.8 Å². The predicted molar refractivity (Wildman–Crippen MR) is 135 cm³/mol. The summed E-state index contributed by atoms with van der Waals surface area (Å²) in [6.45, 7) is 2.91. The first-order valence-electron chi connectivity index (χ1n) is 11.6. The zero-order valence-corrected chi connectivity index (χ0v) is 19.9. The van der Waals surface area contributed by atoms with E-state index in [1.54, 1.807) is 13.2 Å². The maximum atomic E-state index is 13.0. The molecule has 2 aromatic carbocycles. The number of aromatic nitrogens is 1. The molecule has 0 unspecified atom stereocenters. The van der Waals surface area contributed by atoms with Crippen molar-refractivity contribution < 1.29 is 14.6 Å². The molecule has 1 atom stereocenters. The third-order valence-corrected chi connectivity index (χ3v) is 5.59. The van der Waals surface area contributed by atoms with Gasteiger partial charge in [-0.15, -0.1) is 0 Å². The average molecular weight is 460 g/mol. The molecule has 6 heteroatoms. The maximum absolute atomic E-state index is 13.0. The monoisotopic (exact) mass is 459 g/mol. The number of pyridine rings is 1. The van der Waals surface area contributed by atoms with E-state index in [1.165, 1.54) is 5.56 Å². The molecular weight excluding hydrogens is 426 g/mol. The van der Waals surface area contributed by atoms with Gasteiger partial charge in [0.1, 0.15) is 5.69 Å². The van der Waals surface area contributed by atoms with Crippen molar-refractivity contribution in [2.45, 2.75) is 45.3 Å². The van der Waals surface area contributed by atoms with Crippen molar-refractivity contribution in [1.29, 1.82) is 0 Å². The number of nitrogens with two attached hydrogens (primary N) is 1. The highest BCUT2D eigenvalue weighted by atomic mass is 16.5. The summed E-state index contributed by atoms with van der Waals surface area (Å²) in [5, 5.41) is 13.8. The van der Waals surface area contributed by atoms with Crippen molar-refractivity contribution in [2.24, 2.45) is 5.73 Å². The summed E-state index contributed by atoms with van der Waals surface area (Å²) in [6, 6.07) is 15.3. The van der Waals surface area contributed by atoms with Gasteiger partial charge in [0.25, 0.3) is 5.91 Å². The Balaban J connectivity index is 1.78. The van der Waals surface area contributed by atoms with Crippen molar-refractivity contribution in [2.75, 3.05) is 20.3 Å². The fraction of sp³-hybridized carbons (Fsp3) is 0.357. The average Bonchev–Trinajstić information content (AvgIpc) is 2.84. The number of rotatable bonds is 10. The molecule has 3 aromatic rings. The van der Waals surface area contributed by atoms with E-state index in [2.05, 4.69) is 46.4 Å². The van der Waals surface area contributed by atoms with Gasteiger partial charge in [0.2, 0.25) is 0 Å². The van der Waals surface area contributed by atoms with Crippen LogP contribution in [0, 0.1) is 18.8 Å². The number of amides is 1. The molecule has 1 heterocycles. The second-order valence-electron chi connectivity index (χ2n) is 8.42. The molecule has 3 rings (SSSR count). The predicted octanol–water partition coefficient (Wildman–Crippen LogP) is 3.50. The smallest absolute Gasteiger partial charge is 0.270 e. The normalized spacial score (nSPS) is 11.6. The molecule has 34 heavy (non-hydrogen) atoms. The Morgan fingerprint density at radius 3 is 2.68 bits per heavy atom. The van der Waals surface area contributed by atoms with Crippen LogP contribution < -0.4 is 11.1 Å². The van der Waals surface area contributed by atoms with E-state index in [4.69, 9.17) is 10.5 Å². The molecule has 0 radical (unpaired) electrons. The molecule has 1 amide bonds. The Kier molecular flexibility index (Phi) is 9.60. The van der Waals surface area contributed by atoms with E-state index < -0.39 is 0 Å². The minimum absolute atomic E-state index is 0.197. The highest BCUT2D eigenvalue weighted by Gasteiger charge is 2.17. The number of nitrogens with zero attached hydrogens (tertiary/aromatic N) is 1. The van der Waals surface area contributed by atoms with Gasteiger partial charge in [0.15, 0.2) is 0 Å². The van der Waals surface area contributed by atoms with Gasteiger partial charge in [-0.2, -0.15) is 0 Å². The summed E-state index contributed by atoms with van der Waals surface area (Å²) < 4.78 is 5.32. The van der Waals surface area contributed by atoms with Crippen LogP contribution in [0.1, 0.15) is 52.0 Å². The number of hydrogen-bond donors (Lipinski definition) is 3. The number of unbranched alkanes of at least 4 members (excludes halogenated alkanes) is 2. The molecule has 0 aliphatic heterocycles. The summed E-state index contributed by atoms with van der Waals surface area (Å²) in [6.07, 6.45) is 3.39. The molecule has 178 valence electrons. The van der Waals surface area contributed by atoms with Gasteiger partial charge in [-0.3, -0.25) is 4.79 Å². The highest BCUT2D eigenvalue weighted by Crippen LogP contribution is 2.21. The lowest BCUT2D eigenvalue weighted by molar-refractivity contribution is 0.0892. The largest absolute Gasteiger partial charge is 0.392 e. The Morgan fingerprint density at radius 2 is 1.97 bits per heavy atom. The van der Waals surface area contributed by atoms with Gasteiger partial charge in [-0.1, -0.05) is 41.7 Å². The van der Waals surface area contributed by atoms with E-state index in [-0.39, 0.29) is 24.2 Å². The summed E-state index contributed by atoms with van der Waals surface area (Å²) in [7, 11) is 1.62. The molecule has 0 spiro atoms. The van der Waals surface area contributed by atoms with E-state index in [9.17, 15) is 9.90 Å². The van der Waals surface area contributed by atoms with Gasteiger partial charge in [-0.25, -0.2) is 4.98 Å². The van der Waals surface area contributed by atoms with Gasteiger partial charge < -0.3 is 20.9 Å². The molecule has 1 aromatic heterocycles. The SMILES string of the molecule is COC[C@H](Cc1ccc(C)cc1)NC(=O)c1cc(CO)c2cc(C#CCCCCN)ccc2n1. The molecule has 0 aliphatic rings. The number of hydrogen-bond acceptors (Lipinski definition) is 5. The minimum atomic E-state index is -0.297. The fourth-order valence-corrected chi connectivity index (χ4v) is 3.76. The summed E-state index contributed by atoms with van der Waals surface area (Å²) >= 11 is 0. The van der Waals surface area contributed by atoms with E-state index in [0.717, 1.165) is 35.8 Å². The van der Waals surface area contributed by atoms with Gasteiger partial charge in [0, 0.05) is 24.5 Å².